The van der Waals surface area contributed by atoms with Gasteiger partial charge in [0, 0.05) is 13.0 Å². The molecular formula is C21H23N4O4P. The number of rotatable bonds is 7. The highest BCUT2D eigenvalue weighted by atomic mass is 31.2. The largest absolute Gasteiger partial charge is 0.356 e. The normalized spacial score (nSPS) is 11.6. The summed E-state index contributed by atoms with van der Waals surface area (Å²) in [5.74, 6) is 0.492. The van der Waals surface area contributed by atoms with Crippen molar-refractivity contribution in [3.05, 3.63) is 53.6 Å². The molecule has 0 saturated heterocycles. The molecule has 3 N–H and O–H groups in total. The smallest absolute Gasteiger partial charge is 0.321 e. The van der Waals surface area contributed by atoms with E-state index in [1.54, 1.807) is 30.3 Å². The number of anilines is 1. The third kappa shape index (κ3) is 5.14. The van der Waals surface area contributed by atoms with Gasteiger partial charge in [0.2, 0.25) is 11.9 Å². The number of hydrogen-bond donors (Lipinski definition) is 3. The van der Waals surface area contributed by atoms with Crippen LogP contribution in [0.2, 0.25) is 0 Å². The second-order valence-electron chi connectivity index (χ2n) is 7.51. The fourth-order valence-corrected chi connectivity index (χ4v) is 3.70. The van der Waals surface area contributed by atoms with Crippen LogP contribution in [0.25, 0.3) is 11.0 Å². The molecule has 9 heteroatoms. The second-order valence-corrected chi connectivity index (χ2v) is 9.11. The molecule has 30 heavy (non-hydrogen) atoms. The molecule has 1 heterocycles. The first-order valence-electron chi connectivity index (χ1n) is 9.52. The van der Waals surface area contributed by atoms with Gasteiger partial charge in [0.1, 0.15) is 0 Å². The number of fused-ring (bicyclic) bond motifs is 1. The summed E-state index contributed by atoms with van der Waals surface area (Å²) < 4.78 is 13.2. The average molecular weight is 426 g/mol. The van der Waals surface area contributed by atoms with E-state index in [1.165, 1.54) is 12.1 Å². The van der Waals surface area contributed by atoms with Gasteiger partial charge in [-0.1, -0.05) is 26.0 Å². The maximum absolute atomic E-state index is 12.3. The zero-order chi connectivity index (χ0) is 21.9. The lowest BCUT2D eigenvalue weighted by Gasteiger charge is -2.11. The molecule has 0 bridgehead atoms. The minimum absolute atomic E-state index is 0.0231. The number of nitriles is 1. The van der Waals surface area contributed by atoms with Crippen molar-refractivity contribution in [1.29, 1.82) is 5.26 Å². The Balaban J connectivity index is 1.88. The Hall–Kier alpha value is -2.98. The number of hydrogen-bond acceptors (Lipinski definition) is 4. The highest BCUT2D eigenvalue weighted by Crippen LogP contribution is 2.33. The highest BCUT2D eigenvalue weighted by Gasteiger charge is 2.17. The molecule has 2 aromatic carbocycles. The summed E-state index contributed by atoms with van der Waals surface area (Å²) in [7, 11) is -4.27. The molecule has 0 saturated carbocycles. The fraction of sp³-hybridized carbons (Fsp3) is 0.286. The first-order valence-corrected chi connectivity index (χ1v) is 11.1. The maximum atomic E-state index is 12.3. The van der Waals surface area contributed by atoms with Crippen molar-refractivity contribution in [1.82, 2.24) is 9.55 Å². The number of aryl methyl sites for hydroxylation is 2. The van der Waals surface area contributed by atoms with Gasteiger partial charge < -0.3 is 14.4 Å². The molecule has 3 rings (SSSR count). The molecule has 0 radical (unpaired) electrons. The van der Waals surface area contributed by atoms with E-state index in [-0.39, 0.29) is 17.1 Å². The third-order valence-electron chi connectivity index (χ3n) is 4.62. The number of carbonyl (C=O) groups is 1. The number of benzene rings is 2. The van der Waals surface area contributed by atoms with Crippen molar-refractivity contribution in [3.8, 4) is 6.07 Å². The van der Waals surface area contributed by atoms with Crippen LogP contribution in [0.15, 0.2) is 42.5 Å². The summed E-state index contributed by atoms with van der Waals surface area (Å²) in [4.78, 5) is 35.3. The molecule has 0 unspecified atom stereocenters. The predicted octanol–water partition coefficient (Wildman–Crippen LogP) is 2.94. The maximum Gasteiger partial charge on any atom is 0.356 e. The number of amides is 1. The first kappa shape index (κ1) is 21.7. The Bertz CT molecular complexity index is 1160. The molecule has 8 nitrogen and oxygen atoms in total. The Morgan fingerprint density at radius 2 is 1.93 bits per heavy atom. The van der Waals surface area contributed by atoms with Gasteiger partial charge in [-0.2, -0.15) is 5.26 Å². The summed E-state index contributed by atoms with van der Waals surface area (Å²) in [5.41, 5.74) is 2.79. The lowest BCUT2D eigenvalue weighted by Crippen LogP contribution is -2.18. The van der Waals surface area contributed by atoms with Gasteiger partial charge in [-0.3, -0.25) is 14.7 Å². The van der Waals surface area contributed by atoms with E-state index in [2.05, 4.69) is 16.4 Å². The molecule has 3 aromatic rings. The van der Waals surface area contributed by atoms with Crippen LogP contribution in [-0.2, 0) is 22.3 Å². The zero-order valence-corrected chi connectivity index (χ0v) is 17.6. The zero-order valence-electron chi connectivity index (χ0n) is 16.7. The summed E-state index contributed by atoms with van der Waals surface area (Å²) >= 11 is 0. The Kier molecular flexibility index (Phi) is 6.37. The fourth-order valence-electron chi connectivity index (χ4n) is 3.17. The molecule has 0 atom stereocenters. The first-order chi connectivity index (χ1) is 14.2. The summed E-state index contributed by atoms with van der Waals surface area (Å²) in [5, 5.41) is 12.0. The molecule has 156 valence electrons. The van der Waals surface area contributed by atoms with Crippen molar-refractivity contribution in [2.24, 2.45) is 5.92 Å². The van der Waals surface area contributed by atoms with Crippen LogP contribution < -0.4 is 10.6 Å². The van der Waals surface area contributed by atoms with Gasteiger partial charge in [0.15, 0.2) is 0 Å². The molecule has 0 aliphatic rings. The van der Waals surface area contributed by atoms with Gasteiger partial charge in [-0.05, 0) is 48.2 Å². The number of nitrogens with zero attached hydrogens (tertiary/aromatic N) is 3. The van der Waals surface area contributed by atoms with Crippen molar-refractivity contribution < 1.29 is 19.1 Å². The van der Waals surface area contributed by atoms with Gasteiger partial charge >= 0.3 is 7.60 Å². The molecule has 1 aromatic heterocycles. The summed E-state index contributed by atoms with van der Waals surface area (Å²) in [6.45, 7) is 4.42. The minimum Gasteiger partial charge on any atom is -0.321 e. The van der Waals surface area contributed by atoms with Crippen molar-refractivity contribution in [2.75, 3.05) is 5.32 Å². The molecule has 0 fully saturated rings. The number of aromatic nitrogens is 2. The average Bonchev–Trinajstić information content (AvgIpc) is 3.01. The number of nitrogens with one attached hydrogen (secondary N) is 1. The van der Waals surface area contributed by atoms with E-state index >= 15 is 0 Å². The topological polar surface area (TPSA) is 128 Å². The monoisotopic (exact) mass is 426 g/mol. The van der Waals surface area contributed by atoms with Gasteiger partial charge in [0.25, 0.3) is 0 Å². The Labute approximate surface area is 174 Å². The Morgan fingerprint density at radius 1 is 1.23 bits per heavy atom. The molecule has 0 spiro atoms. The van der Waals surface area contributed by atoms with Crippen molar-refractivity contribution in [2.45, 2.75) is 33.2 Å². The predicted molar refractivity (Wildman–Crippen MR) is 114 cm³/mol. The second kappa shape index (κ2) is 8.80. The van der Waals surface area contributed by atoms with Crippen LogP contribution in [0.4, 0.5) is 5.95 Å². The van der Waals surface area contributed by atoms with Gasteiger partial charge in [-0.15, -0.1) is 0 Å². The van der Waals surface area contributed by atoms with Crippen LogP contribution in [0.3, 0.4) is 0 Å². The molecule has 0 aliphatic heterocycles. The van der Waals surface area contributed by atoms with Crippen LogP contribution in [0, 0.1) is 17.2 Å². The van der Waals surface area contributed by atoms with Gasteiger partial charge in [-0.25, -0.2) is 4.98 Å². The standard InChI is InChI=1S/C21H23N4O4P/c1-14(2)11-20(26)24-21-23-18-12-16(13-22)5-8-19(18)25(21)10-9-15-3-6-17(7-4-15)30(27,28)29/h3-8,12,14H,9-11H2,1-2H3,(H,23,24,26)(H2,27,28,29). The van der Waals surface area contributed by atoms with E-state index < -0.39 is 7.60 Å². The molecular weight excluding hydrogens is 403 g/mol. The van der Waals surface area contributed by atoms with E-state index in [0.29, 0.717) is 36.4 Å². The lowest BCUT2D eigenvalue weighted by atomic mass is 10.1. The summed E-state index contributed by atoms with van der Waals surface area (Å²) in [6.07, 6.45) is 0.941. The van der Waals surface area contributed by atoms with Crippen LogP contribution in [0.5, 0.6) is 0 Å². The third-order valence-corrected chi connectivity index (χ3v) is 5.59. The number of carbonyl (C=O) groups excluding carboxylic acids is 1. The van der Waals surface area contributed by atoms with Crippen LogP contribution in [0.1, 0.15) is 31.4 Å². The molecule has 0 aliphatic carbocycles. The molecule has 1 amide bonds. The van der Waals surface area contributed by atoms with Crippen LogP contribution in [-0.4, -0.2) is 25.2 Å². The van der Waals surface area contributed by atoms with E-state index in [0.717, 1.165) is 11.1 Å². The van der Waals surface area contributed by atoms with Crippen molar-refractivity contribution in [3.63, 3.8) is 0 Å². The quantitative estimate of drug-likeness (QED) is 0.499. The minimum atomic E-state index is -4.27. The van der Waals surface area contributed by atoms with Gasteiger partial charge in [0.05, 0.1) is 28.0 Å². The van der Waals surface area contributed by atoms with E-state index in [9.17, 15) is 19.1 Å². The van der Waals surface area contributed by atoms with E-state index in [4.69, 9.17) is 5.26 Å². The Morgan fingerprint density at radius 3 is 2.53 bits per heavy atom. The lowest BCUT2D eigenvalue weighted by molar-refractivity contribution is -0.116. The van der Waals surface area contributed by atoms with E-state index in [1.807, 2.05) is 18.4 Å². The number of imidazole rings is 1. The summed E-state index contributed by atoms with van der Waals surface area (Å²) in [6, 6.07) is 13.5. The SMILES string of the molecule is CC(C)CC(=O)Nc1nc2cc(C#N)ccc2n1CCc1ccc(P(=O)(O)O)cc1. The highest BCUT2D eigenvalue weighted by molar-refractivity contribution is 7.60. The van der Waals surface area contributed by atoms with Crippen LogP contribution >= 0.6 is 7.60 Å². The van der Waals surface area contributed by atoms with Crippen molar-refractivity contribution >= 4 is 35.8 Å².